The van der Waals surface area contributed by atoms with Gasteiger partial charge >= 0.3 is 0 Å². The SMILES string of the molecule is CC(C)(C)S(=O)(=O)N1C(=O)C[C@H]1c1ccccc1. The summed E-state index contributed by atoms with van der Waals surface area (Å²) in [6.45, 7) is 4.82. The first-order valence-electron chi connectivity index (χ1n) is 5.87. The second-order valence-electron chi connectivity index (χ2n) is 5.44. The Morgan fingerprint density at radius 1 is 1.17 bits per heavy atom. The third kappa shape index (κ3) is 1.92. The highest BCUT2D eigenvalue weighted by atomic mass is 32.2. The normalized spacial score (nSPS) is 20.7. The lowest BCUT2D eigenvalue weighted by Crippen LogP contribution is -2.55. The summed E-state index contributed by atoms with van der Waals surface area (Å²) < 4.78 is 24.7. The number of carbonyl (C=O) groups is 1. The van der Waals surface area contributed by atoms with E-state index in [-0.39, 0.29) is 18.4 Å². The van der Waals surface area contributed by atoms with Gasteiger partial charge in [-0.25, -0.2) is 12.7 Å². The van der Waals surface area contributed by atoms with Crippen molar-refractivity contribution >= 4 is 15.9 Å². The van der Waals surface area contributed by atoms with E-state index in [1.807, 2.05) is 30.3 Å². The highest BCUT2D eigenvalue weighted by Gasteiger charge is 2.49. The Balaban J connectivity index is 2.37. The van der Waals surface area contributed by atoms with Gasteiger partial charge in [-0.15, -0.1) is 0 Å². The van der Waals surface area contributed by atoms with Crippen molar-refractivity contribution < 1.29 is 13.2 Å². The van der Waals surface area contributed by atoms with E-state index >= 15 is 0 Å². The minimum atomic E-state index is -3.60. The van der Waals surface area contributed by atoms with Gasteiger partial charge < -0.3 is 0 Å². The van der Waals surface area contributed by atoms with Gasteiger partial charge in [-0.2, -0.15) is 0 Å². The molecule has 18 heavy (non-hydrogen) atoms. The zero-order valence-electron chi connectivity index (χ0n) is 10.8. The maximum absolute atomic E-state index is 12.3. The lowest BCUT2D eigenvalue weighted by molar-refractivity contribution is -0.137. The number of nitrogens with zero attached hydrogens (tertiary/aromatic N) is 1. The van der Waals surface area contributed by atoms with Crippen LogP contribution in [0.4, 0.5) is 0 Å². The van der Waals surface area contributed by atoms with E-state index in [0.29, 0.717) is 0 Å². The predicted molar refractivity (Wildman–Crippen MR) is 69.3 cm³/mol. The Labute approximate surface area is 108 Å². The molecule has 0 saturated carbocycles. The van der Waals surface area contributed by atoms with E-state index in [1.54, 1.807) is 20.8 Å². The molecule has 5 heteroatoms. The van der Waals surface area contributed by atoms with E-state index < -0.39 is 14.8 Å². The molecule has 0 bridgehead atoms. The molecule has 1 fully saturated rings. The summed E-state index contributed by atoms with van der Waals surface area (Å²) in [4.78, 5) is 11.7. The summed E-state index contributed by atoms with van der Waals surface area (Å²) in [5, 5.41) is 0. The molecular weight excluding hydrogens is 250 g/mol. The average molecular weight is 267 g/mol. The zero-order chi connectivity index (χ0) is 13.6. The molecule has 1 heterocycles. The summed E-state index contributed by atoms with van der Waals surface area (Å²) in [5.74, 6) is -0.321. The van der Waals surface area contributed by atoms with E-state index in [4.69, 9.17) is 0 Å². The van der Waals surface area contributed by atoms with Crippen molar-refractivity contribution in [1.82, 2.24) is 4.31 Å². The maximum atomic E-state index is 12.3. The first-order chi connectivity index (χ1) is 8.25. The van der Waals surface area contributed by atoms with E-state index in [9.17, 15) is 13.2 Å². The number of amides is 1. The molecule has 0 aromatic heterocycles. The van der Waals surface area contributed by atoms with Crippen LogP contribution in [0.3, 0.4) is 0 Å². The third-order valence-corrected chi connectivity index (χ3v) is 5.64. The Morgan fingerprint density at radius 2 is 1.72 bits per heavy atom. The standard InChI is InChI=1S/C13H17NO3S/c1-13(2,3)18(16,17)14-11(9-12(14)15)10-7-5-4-6-8-10/h4-8,11H,9H2,1-3H3/t11-/m0/s1. The lowest BCUT2D eigenvalue weighted by Gasteiger charge is -2.42. The van der Waals surface area contributed by atoms with Crippen LogP contribution >= 0.6 is 0 Å². The molecule has 0 aliphatic carbocycles. The average Bonchev–Trinajstić information content (AvgIpc) is 2.24. The Bertz CT molecular complexity index is 558. The molecule has 0 N–H and O–H groups in total. The van der Waals surface area contributed by atoms with Crippen molar-refractivity contribution in [3.63, 3.8) is 0 Å². The molecule has 98 valence electrons. The summed E-state index contributed by atoms with van der Waals surface area (Å²) in [5.41, 5.74) is 0.866. The maximum Gasteiger partial charge on any atom is 0.242 e. The molecule has 0 radical (unpaired) electrons. The molecule has 1 aromatic rings. The highest BCUT2D eigenvalue weighted by molar-refractivity contribution is 7.91. The van der Waals surface area contributed by atoms with Gasteiger partial charge in [-0.1, -0.05) is 30.3 Å². The first kappa shape index (κ1) is 13.1. The smallest absolute Gasteiger partial charge is 0.242 e. The number of hydrogen-bond donors (Lipinski definition) is 0. The lowest BCUT2D eigenvalue weighted by atomic mass is 9.97. The summed E-state index contributed by atoms with van der Waals surface area (Å²) in [6, 6.07) is 8.92. The molecule has 2 rings (SSSR count). The van der Waals surface area contributed by atoms with Crippen LogP contribution in [0.5, 0.6) is 0 Å². The second kappa shape index (κ2) is 4.09. The van der Waals surface area contributed by atoms with Gasteiger partial charge in [0.25, 0.3) is 0 Å². The van der Waals surface area contributed by atoms with Gasteiger partial charge in [-0.05, 0) is 26.3 Å². The molecule has 1 saturated heterocycles. The summed E-state index contributed by atoms with van der Waals surface area (Å²) in [6.07, 6.45) is 0.263. The van der Waals surface area contributed by atoms with Crippen LogP contribution in [-0.4, -0.2) is 23.4 Å². The van der Waals surface area contributed by atoms with Crippen LogP contribution in [0.2, 0.25) is 0 Å². The molecule has 1 atom stereocenters. The largest absolute Gasteiger partial charge is 0.274 e. The van der Waals surface area contributed by atoms with Crippen molar-refractivity contribution in [3.05, 3.63) is 35.9 Å². The Hall–Kier alpha value is -1.36. The van der Waals surface area contributed by atoms with Crippen molar-refractivity contribution in [1.29, 1.82) is 0 Å². The number of benzene rings is 1. The summed E-state index contributed by atoms with van der Waals surface area (Å²) >= 11 is 0. The molecule has 1 aliphatic rings. The molecule has 0 unspecified atom stereocenters. The molecule has 1 aromatic carbocycles. The Morgan fingerprint density at radius 3 is 2.17 bits per heavy atom. The van der Waals surface area contributed by atoms with Gasteiger partial charge in [0, 0.05) is 0 Å². The minimum absolute atomic E-state index is 0.263. The van der Waals surface area contributed by atoms with Crippen molar-refractivity contribution in [2.24, 2.45) is 0 Å². The van der Waals surface area contributed by atoms with Gasteiger partial charge in [-0.3, -0.25) is 4.79 Å². The monoisotopic (exact) mass is 267 g/mol. The van der Waals surface area contributed by atoms with Crippen LogP contribution in [0, 0.1) is 0 Å². The quantitative estimate of drug-likeness (QED) is 0.771. The van der Waals surface area contributed by atoms with Crippen molar-refractivity contribution in [2.45, 2.75) is 38.0 Å². The van der Waals surface area contributed by atoms with Crippen molar-refractivity contribution in [3.8, 4) is 0 Å². The first-order valence-corrected chi connectivity index (χ1v) is 7.31. The zero-order valence-corrected chi connectivity index (χ0v) is 11.6. The number of rotatable bonds is 2. The van der Waals surface area contributed by atoms with Crippen LogP contribution in [-0.2, 0) is 14.8 Å². The number of β-lactam (4-membered cyclic amide) rings is 1. The van der Waals surface area contributed by atoms with Crippen LogP contribution in [0.25, 0.3) is 0 Å². The molecule has 4 nitrogen and oxygen atoms in total. The van der Waals surface area contributed by atoms with Gasteiger partial charge in [0.15, 0.2) is 0 Å². The Kier molecular flexibility index (Phi) is 2.97. The van der Waals surface area contributed by atoms with Gasteiger partial charge in [0.1, 0.15) is 0 Å². The van der Waals surface area contributed by atoms with Crippen LogP contribution in [0.15, 0.2) is 30.3 Å². The fraction of sp³-hybridized carbons (Fsp3) is 0.462. The van der Waals surface area contributed by atoms with Gasteiger partial charge in [0.2, 0.25) is 15.9 Å². The van der Waals surface area contributed by atoms with Gasteiger partial charge in [0.05, 0.1) is 17.2 Å². The van der Waals surface area contributed by atoms with E-state index in [0.717, 1.165) is 9.87 Å². The molecule has 0 spiro atoms. The van der Waals surface area contributed by atoms with E-state index in [2.05, 4.69) is 0 Å². The molecule has 1 aliphatic heterocycles. The van der Waals surface area contributed by atoms with Crippen LogP contribution < -0.4 is 0 Å². The third-order valence-electron chi connectivity index (χ3n) is 3.11. The fourth-order valence-corrected chi connectivity index (χ4v) is 3.39. The predicted octanol–water partition coefficient (Wildman–Crippen LogP) is 2.09. The topological polar surface area (TPSA) is 54.5 Å². The second-order valence-corrected chi connectivity index (χ2v) is 8.01. The van der Waals surface area contributed by atoms with Crippen molar-refractivity contribution in [2.75, 3.05) is 0 Å². The number of sulfonamides is 1. The number of hydrogen-bond acceptors (Lipinski definition) is 3. The number of carbonyl (C=O) groups excluding carboxylic acids is 1. The molecular formula is C13H17NO3S. The van der Waals surface area contributed by atoms with E-state index in [1.165, 1.54) is 0 Å². The fourth-order valence-electron chi connectivity index (χ4n) is 1.92. The highest BCUT2D eigenvalue weighted by Crippen LogP contribution is 2.40. The van der Waals surface area contributed by atoms with Crippen LogP contribution in [0.1, 0.15) is 38.8 Å². The minimum Gasteiger partial charge on any atom is -0.274 e. The molecule has 1 amide bonds. The summed E-state index contributed by atoms with van der Waals surface area (Å²) in [7, 11) is -3.60.